The number of anilines is 1. The Morgan fingerprint density at radius 3 is 2.33 bits per heavy atom. The third kappa shape index (κ3) is 5.11. The van der Waals surface area contributed by atoms with Crippen LogP contribution < -0.4 is 5.32 Å². The van der Waals surface area contributed by atoms with Gasteiger partial charge in [0.15, 0.2) is 5.17 Å². The van der Waals surface area contributed by atoms with Crippen LogP contribution in [-0.4, -0.2) is 33.7 Å². The first-order chi connectivity index (χ1) is 14.3. The van der Waals surface area contributed by atoms with Gasteiger partial charge >= 0.3 is 0 Å². The number of hydrogen-bond acceptors (Lipinski definition) is 4. The number of hydrogen-bond donors (Lipinski definition) is 1. The van der Waals surface area contributed by atoms with E-state index in [1.165, 1.54) is 11.8 Å². The number of amides is 2. The Kier molecular flexibility index (Phi) is 6.98. The number of nitrogens with zero attached hydrogens (tertiary/aromatic N) is 2. The lowest BCUT2D eigenvalue weighted by atomic mass is 10.1. The molecule has 30 heavy (non-hydrogen) atoms. The van der Waals surface area contributed by atoms with Crippen LogP contribution in [0.5, 0.6) is 0 Å². The van der Waals surface area contributed by atoms with Crippen molar-refractivity contribution in [1.82, 2.24) is 4.90 Å². The van der Waals surface area contributed by atoms with Gasteiger partial charge in [-0.2, -0.15) is 0 Å². The van der Waals surface area contributed by atoms with E-state index in [2.05, 4.69) is 19.2 Å². The average Bonchev–Trinajstić information content (AvgIpc) is 2.95. The summed E-state index contributed by atoms with van der Waals surface area (Å²) in [4.78, 5) is 32.3. The number of nitrogens with one attached hydrogen (secondary N) is 1. The highest BCUT2D eigenvalue weighted by molar-refractivity contribution is 8.15. The Balaban J connectivity index is 1.79. The number of benzene rings is 2. The molecule has 3 rings (SSSR count). The summed E-state index contributed by atoms with van der Waals surface area (Å²) in [7, 11) is 0. The van der Waals surface area contributed by atoms with E-state index in [0.717, 1.165) is 28.1 Å². The molecule has 1 aliphatic heterocycles. The van der Waals surface area contributed by atoms with Gasteiger partial charge in [-0.25, -0.2) is 4.99 Å². The fraction of sp³-hybridized carbons (Fsp3) is 0.375. The third-order valence-corrected chi connectivity index (χ3v) is 6.19. The number of para-hydroxylation sites is 2. The maximum Gasteiger partial charge on any atom is 0.242 e. The fourth-order valence-corrected chi connectivity index (χ4v) is 4.58. The zero-order chi connectivity index (χ0) is 21.8. The molecule has 0 saturated carbocycles. The van der Waals surface area contributed by atoms with Gasteiger partial charge in [-0.1, -0.05) is 62.0 Å². The first-order valence-corrected chi connectivity index (χ1v) is 11.1. The average molecular weight is 424 g/mol. The molecule has 0 bridgehead atoms. The van der Waals surface area contributed by atoms with Crippen LogP contribution in [0.25, 0.3) is 0 Å². The largest absolute Gasteiger partial charge is 0.326 e. The monoisotopic (exact) mass is 423 g/mol. The van der Waals surface area contributed by atoms with Crippen LogP contribution >= 0.6 is 11.8 Å². The van der Waals surface area contributed by atoms with Gasteiger partial charge in [-0.15, -0.1) is 0 Å². The summed E-state index contributed by atoms with van der Waals surface area (Å²) in [6.45, 7) is 10.7. The molecule has 1 N–H and O–H groups in total. The van der Waals surface area contributed by atoms with Crippen LogP contribution in [0, 0.1) is 26.7 Å². The number of amidine groups is 1. The SMILES string of the molecule is Cc1ccccc1N=C1S[C@H](CC(=O)Nc2c(C)cccc2C)C(=O)N1CC(C)C. The molecule has 0 radical (unpaired) electrons. The Labute approximate surface area is 183 Å². The molecule has 6 heteroatoms. The van der Waals surface area contributed by atoms with Gasteiger partial charge in [0.05, 0.1) is 5.69 Å². The summed E-state index contributed by atoms with van der Waals surface area (Å²) < 4.78 is 0. The maximum atomic E-state index is 13.1. The zero-order valence-electron chi connectivity index (χ0n) is 18.2. The molecular formula is C24H29N3O2S. The summed E-state index contributed by atoms with van der Waals surface area (Å²) >= 11 is 1.39. The van der Waals surface area contributed by atoms with Crippen molar-refractivity contribution >= 4 is 40.1 Å². The minimum Gasteiger partial charge on any atom is -0.326 e. The normalized spacial score (nSPS) is 17.8. The van der Waals surface area contributed by atoms with Gasteiger partial charge in [0.1, 0.15) is 5.25 Å². The van der Waals surface area contributed by atoms with E-state index in [4.69, 9.17) is 4.99 Å². The first kappa shape index (κ1) is 22.1. The molecule has 1 saturated heterocycles. The zero-order valence-corrected chi connectivity index (χ0v) is 19.0. The summed E-state index contributed by atoms with van der Waals surface area (Å²) in [5.41, 5.74) is 4.75. The molecule has 1 heterocycles. The van der Waals surface area contributed by atoms with Crippen LogP contribution in [0.4, 0.5) is 11.4 Å². The predicted octanol–water partition coefficient (Wildman–Crippen LogP) is 5.23. The van der Waals surface area contributed by atoms with Crippen LogP contribution in [0.2, 0.25) is 0 Å². The Hall–Kier alpha value is -2.60. The number of rotatable bonds is 6. The lowest BCUT2D eigenvalue weighted by Crippen LogP contribution is -2.36. The van der Waals surface area contributed by atoms with E-state index in [1.54, 1.807) is 4.90 Å². The van der Waals surface area contributed by atoms with Gasteiger partial charge in [0.25, 0.3) is 0 Å². The van der Waals surface area contributed by atoms with Gasteiger partial charge < -0.3 is 5.32 Å². The highest BCUT2D eigenvalue weighted by Crippen LogP contribution is 2.33. The van der Waals surface area contributed by atoms with Crippen molar-refractivity contribution in [2.45, 2.75) is 46.3 Å². The van der Waals surface area contributed by atoms with Crippen molar-refractivity contribution < 1.29 is 9.59 Å². The van der Waals surface area contributed by atoms with Crippen molar-refractivity contribution in [2.75, 3.05) is 11.9 Å². The van der Waals surface area contributed by atoms with Gasteiger partial charge in [0.2, 0.25) is 11.8 Å². The van der Waals surface area contributed by atoms with E-state index >= 15 is 0 Å². The van der Waals surface area contributed by atoms with Crippen molar-refractivity contribution in [3.8, 4) is 0 Å². The molecule has 2 amide bonds. The summed E-state index contributed by atoms with van der Waals surface area (Å²) in [5.74, 6) is 0.108. The molecular weight excluding hydrogens is 394 g/mol. The van der Waals surface area contributed by atoms with E-state index in [9.17, 15) is 9.59 Å². The molecule has 0 aromatic heterocycles. The number of carbonyl (C=O) groups is 2. The maximum absolute atomic E-state index is 13.1. The van der Waals surface area contributed by atoms with Crippen LogP contribution in [0.1, 0.15) is 37.0 Å². The molecule has 0 aliphatic carbocycles. The molecule has 5 nitrogen and oxygen atoms in total. The van der Waals surface area contributed by atoms with Crippen molar-refractivity contribution in [2.24, 2.45) is 10.9 Å². The van der Waals surface area contributed by atoms with Crippen molar-refractivity contribution in [3.63, 3.8) is 0 Å². The Morgan fingerprint density at radius 2 is 1.70 bits per heavy atom. The third-order valence-electron chi connectivity index (χ3n) is 5.02. The van der Waals surface area contributed by atoms with Crippen molar-refractivity contribution in [3.05, 3.63) is 59.2 Å². The first-order valence-electron chi connectivity index (χ1n) is 10.2. The Morgan fingerprint density at radius 1 is 1.07 bits per heavy atom. The summed E-state index contributed by atoms with van der Waals surface area (Å²) in [6.07, 6.45) is 0.124. The molecule has 2 aromatic rings. The lowest BCUT2D eigenvalue weighted by molar-refractivity contribution is -0.128. The predicted molar refractivity (Wildman–Crippen MR) is 125 cm³/mol. The number of aryl methyl sites for hydroxylation is 3. The second-order valence-corrected chi connectivity index (χ2v) is 9.32. The van der Waals surface area contributed by atoms with Crippen LogP contribution in [-0.2, 0) is 9.59 Å². The fourth-order valence-electron chi connectivity index (χ4n) is 3.42. The van der Waals surface area contributed by atoms with Crippen LogP contribution in [0.15, 0.2) is 47.5 Å². The lowest BCUT2D eigenvalue weighted by Gasteiger charge is -2.19. The van der Waals surface area contributed by atoms with E-state index < -0.39 is 5.25 Å². The molecule has 0 unspecified atom stereocenters. The second kappa shape index (κ2) is 9.47. The summed E-state index contributed by atoms with van der Waals surface area (Å²) in [5, 5.41) is 3.20. The number of aliphatic imine (C=N–C) groups is 1. The molecule has 0 spiro atoms. The number of thioether (sulfide) groups is 1. The highest BCUT2D eigenvalue weighted by atomic mass is 32.2. The van der Waals surface area contributed by atoms with Gasteiger partial charge in [0, 0.05) is 18.7 Å². The minimum atomic E-state index is -0.462. The summed E-state index contributed by atoms with van der Waals surface area (Å²) in [6, 6.07) is 13.8. The Bertz CT molecular complexity index is 964. The minimum absolute atomic E-state index is 0.0438. The second-order valence-electron chi connectivity index (χ2n) is 8.15. The molecule has 1 atom stereocenters. The van der Waals surface area contributed by atoms with Crippen LogP contribution in [0.3, 0.4) is 0 Å². The molecule has 158 valence electrons. The molecule has 2 aromatic carbocycles. The number of carbonyl (C=O) groups excluding carboxylic acids is 2. The van der Waals surface area contributed by atoms with Crippen molar-refractivity contribution in [1.29, 1.82) is 0 Å². The molecule has 1 fully saturated rings. The smallest absolute Gasteiger partial charge is 0.242 e. The van der Waals surface area contributed by atoms with Gasteiger partial charge in [-0.3, -0.25) is 14.5 Å². The van der Waals surface area contributed by atoms with E-state index in [0.29, 0.717) is 17.6 Å². The molecule has 1 aliphatic rings. The van der Waals surface area contributed by atoms with Gasteiger partial charge in [-0.05, 0) is 49.4 Å². The quantitative estimate of drug-likeness (QED) is 0.692. The van der Waals surface area contributed by atoms with E-state index in [1.807, 2.05) is 63.2 Å². The van der Waals surface area contributed by atoms with E-state index in [-0.39, 0.29) is 18.2 Å². The standard InChI is InChI=1S/C24H29N3O2S/c1-15(2)14-27-23(29)20(30-24(27)25-19-12-7-6-9-16(19)3)13-21(28)26-22-17(4)10-8-11-18(22)5/h6-12,15,20H,13-14H2,1-5H3,(H,26,28)/t20-/m1/s1. The highest BCUT2D eigenvalue weighted by Gasteiger charge is 2.39. The topological polar surface area (TPSA) is 61.8 Å².